The molecule has 3 rings (SSSR count). The Balaban J connectivity index is 1.88. The first-order valence-electron chi connectivity index (χ1n) is 8.28. The maximum Gasteiger partial charge on any atom is 0.341 e. The van der Waals surface area contributed by atoms with Gasteiger partial charge in [-0.3, -0.25) is 0 Å². The van der Waals surface area contributed by atoms with Crippen molar-refractivity contribution < 1.29 is 17.2 Å². The predicted octanol–water partition coefficient (Wildman–Crippen LogP) is 3.96. The summed E-state index contributed by atoms with van der Waals surface area (Å²) in [4.78, 5) is 1.66. The number of anilines is 1. The van der Waals surface area contributed by atoms with Gasteiger partial charge in [0.05, 0.1) is 16.9 Å². The van der Waals surface area contributed by atoms with Gasteiger partial charge in [0.2, 0.25) is 9.84 Å². The maximum atomic E-state index is 12.7. The third-order valence-electron chi connectivity index (χ3n) is 4.71. The van der Waals surface area contributed by atoms with Crippen LogP contribution in [0.25, 0.3) is 0 Å². The normalized spacial score (nSPS) is 18.7. The first-order chi connectivity index (χ1) is 12.4. The van der Waals surface area contributed by atoms with Crippen molar-refractivity contribution in [2.75, 3.05) is 11.4 Å². The van der Waals surface area contributed by atoms with Crippen LogP contribution in [0.4, 0.5) is 14.5 Å². The Kier molecular flexibility index (Phi) is 5.23. The number of alkyl halides is 2. The third kappa shape index (κ3) is 3.42. The number of nitrogens with zero attached hydrogens (tertiary/aromatic N) is 2. The van der Waals surface area contributed by atoms with Gasteiger partial charge in [0.1, 0.15) is 0 Å². The lowest BCUT2D eigenvalue weighted by molar-refractivity contribution is 0.234. The summed E-state index contributed by atoms with van der Waals surface area (Å²) in [7, 11) is -4.60. The molecule has 0 saturated carbocycles. The number of sulfone groups is 1. The molecule has 0 N–H and O–H groups in total. The highest BCUT2D eigenvalue weighted by molar-refractivity contribution is 7.91. The summed E-state index contributed by atoms with van der Waals surface area (Å²) in [5, 5.41) is 9.68. The predicted molar refractivity (Wildman–Crippen MR) is 94.8 cm³/mol. The van der Waals surface area contributed by atoms with Crippen LogP contribution in [0.2, 0.25) is 0 Å². The van der Waals surface area contributed by atoms with Crippen molar-refractivity contribution in [2.45, 2.75) is 35.5 Å². The zero-order chi connectivity index (χ0) is 18.7. The Labute approximate surface area is 151 Å². The maximum absolute atomic E-state index is 12.7. The summed E-state index contributed by atoms with van der Waals surface area (Å²) >= 11 is 0. The number of halogens is 2. The van der Waals surface area contributed by atoms with E-state index in [2.05, 4.69) is 11.0 Å². The lowest BCUT2D eigenvalue weighted by Crippen LogP contribution is -2.34. The van der Waals surface area contributed by atoms with E-state index in [1.165, 1.54) is 24.3 Å². The molecule has 1 aliphatic heterocycles. The number of hydrogen-bond donors (Lipinski definition) is 0. The van der Waals surface area contributed by atoms with Crippen LogP contribution in [0.1, 0.15) is 24.3 Å². The minimum atomic E-state index is -4.60. The van der Waals surface area contributed by atoms with Crippen LogP contribution in [0.3, 0.4) is 0 Å². The zero-order valence-electron chi connectivity index (χ0n) is 13.9. The van der Waals surface area contributed by atoms with Crippen LogP contribution in [-0.2, 0) is 9.84 Å². The monoisotopic (exact) mass is 376 g/mol. The largest absolute Gasteiger partial charge is 0.367 e. The van der Waals surface area contributed by atoms with Gasteiger partial charge in [0.25, 0.3) is 0 Å². The minimum Gasteiger partial charge on any atom is -0.367 e. The smallest absolute Gasteiger partial charge is 0.341 e. The summed E-state index contributed by atoms with van der Waals surface area (Å²) in [6.07, 6.45) is 1.75. The van der Waals surface area contributed by atoms with E-state index in [1.807, 2.05) is 30.3 Å². The summed E-state index contributed by atoms with van der Waals surface area (Å²) in [5.41, 5.74) is 1.67. The van der Waals surface area contributed by atoms with Gasteiger partial charge in [-0.05, 0) is 42.7 Å². The molecule has 1 heterocycles. The van der Waals surface area contributed by atoms with Crippen molar-refractivity contribution in [1.29, 1.82) is 5.26 Å². The second kappa shape index (κ2) is 7.42. The van der Waals surface area contributed by atoms with Gasteiger partial charge >= 0.3 is 5.76 Å². The number of rotatable bonds is 5. The molecule has 1 aliphatic rings. The average Bonchev–Trinajstić information content (AvgIpc) is 3.12. The molecule has 0 radical (unpaired) electrons. The second-order valence-electron chi connectivity index (χ2n) is 6.22. The van der Waals surface area contributed by atoms with Crippen LogP contribution in [-0.4, -0.2) is 26.8 Å². The van der Waals surface area contributed by atoms with Gasteiger partial charge in [-0.1, -0.05) is 30.3 Å². The Morgan fingerprint density at radius 3 is 2.31 bits per heavy atom. The Morgan fingerprint density at radius 1 is 1.08 bits per heavy atom. The summed E-state index contributed by atoms with van der Waals surface area (Å²) in [5.74, 6) is -3.75. The standard InChI is InChI=1S/C19H18F2N2O2S/c20-19(21)26(24,25)16-10-8-15(9-11-16)23-12-4-7-18(23)17(13-22)14-5-2-1-3-6-14/h1-3,5-6,8-11,17-19H,4,7,12H2. The fourth-order valence-corrected chi connectivity index (χ4v) is 4.15. The van der Waals surface area contributed by atoms with E-state index in [9.17, 15) is 22.5 Å². The molecule has 2 unspecified atom stereocenters. The van der Waals surface area contributed by atoms with Crippen molar-refractivity contribution >= 4 is 15.5 Å². The molecule has 0 spiro atoms. The van der Waals surface area contributed by atoms with Gasteiger partial charge in [-0.2, -0.15) is 14.0 Å². The van der Waals surface area contributed by atoms with E-state index in [1.54, 1.807) is 0 Å². The van der Waals surface area contributed by atoms with Gasteiger partial charge in [0, 0.05) is 18.3 Å². The average molecular weight is 376 g/mol. The van der Waals surface area contributed by atoms with Crippen LogP contribution in [0, 0.1) is 11.3 Å². The van der Waals surface area contributed by atoms with Crippen molar-refractivity contribution in [2.24, 2.45) is 0 Å². The molecule has 2 atom stereocenters. The lowest BCUT2D eigenvalue weighted by atomic mass is 9.91. The van der Waals surface area contributed by atoms with Crippen LogP contribution >= 0.6 is 0 Å². The van der Waals surface area contributed by atoms with E-state index in [0.717, 1.165) is 30.6 Å². The van der Waals surface area contributed by atoms with Gasteiger partial charge in [-0.25, -0.2) is 8.42 Å². The van der Waals surface area contributed by atoms with E-state index in [4.69, 9.17) is 0 Å². The highest BCUT2D eigenvalue weighted by atomic mass is 32.2. The minimum absolute atomic E-state index is 0.0417. The fourth-order valence-electron chi connectivity index (χ4n) is 3.43. The molecular formula is C19H18F2N2O2S. The van der Waals surface area contributed by atoms with E-state index in [0.29, 0.717) is 0 Å². The summed E-state index contributed by atoms with van der Waals surface area (Å²) < 4.78 is 48.5. The van der Waals surface area contributed by atoms with E-state index >= 15 is 0 Å². The fraction of sp³-hybridized carbons (Fsp3) is 0.316. The van der Waals surface area contributed by atoms with Crippen molar-refractivity contribution in [3.8, 4) is 6.07 Å². The summed E-state index contributed by atoms with van der Waals surface area (Å²) in [6.45, 7) is 0.733. The molecule has 4 nitrogen and oxygen atoms in total. The van der Waals surface area contributed by atoms with Crippen molar-refractivity contribution in [3.63, 3.8) is 0 Å². The Bertz CT molecular complexity index is 893. The zero-order valence-corrected chi connectivity index (χ0v) is 14.7. The highest BCUT2D eigenvalue weighted by Crippen LogP contribution is 2.35. The molecule has 7 heteroatoms. The number of benzene rings is 2. The molecule has 2 aromatic carbocycles. The molecular weight excluding hydrogens is 358 g/mol. The Hall–Kier alpha value is -2.46. The SMILES string of the molecule is N#CC(c1ccccc1)C1CCCN1c1ccc(S(=O)(=O)C(F)F)cc1. The van der Waals surface area contributed by atoms with Gasteiger partial charge < -0.3 is 4.90 Å². The lowest BCUT2D eigenvalue weighted by Gasteiger charge is -2.30. The molecule has 2 aromatic rings. The van der Waals surface area contributed by atoms with Crippen LogP contribution < -0.4 is 4.90 Å². The molecule has 136 valence electrons. The first-order valence-corrected chi connectivity index (χ1v) is 9.83. The highest BCUT2D eigenvalue weighted by Gasteiger charge is 2.33. The molecule has 0 aliphatic carbocycles. The van der Waals surface area contributed by atoms with E-state index in [-0.39, 0.29) is 12.0 Å². The molecule has 0 aromatic heterocycles. The number of nitriles is 1. The van der Waals surface area contributed by atoms with Crippen LogP contribution in [0.5, 0.6) is 0 Å². The van der Waals surface area contributed by atoms with Gasteiger partial charge in [0.15, 0.2) is 0 Å². The number of hydrogen-bond acceptors (Lipinski definition) is 4. The third-order valence-corrected chi connectivity index (χ3v) is 6.11. The van der Waals surface area contributed by atoms with Crippen molar-refractivity contribution in [3.05, 3.63) is 60.2 Å². The Morgan fingerprint density at radius 2 is 1.73 bits per heavy atom. The van der Waals surface area contributed by atoms with Crippen LogP contribution in [0.15, 0.2) is 59.5 Å². The van der Waals surface area contributed by atoms with E-state index < -0.39 is 20.5 Å². The second-order valence-corrected chi connectivity index (χ2v) is 8.14. The molecule has 1 saturated heterocycles. The topological polar surface area (TPSA) is 61.2 Å². The van der Waals surface area contributed by atoms with Crippen molar-refractivity contribution in [1.82, 2.24) is 0 Å². The molecule has 0 bridgehead atoms. The molecule has 26 heavy (non-hydrogen) atoms. The first kappa shape index (κ1) is 18.3. The van der Waals surface area contributed by atoms with Gasteiger partial charge in [-0.15, -0.1) is 0 Å². The quantitative estimate of drug-likeness (QED) is 0.792. The molecule has 0 amide bonds. The molecule has 1 fully saturated rings. The summed E-state index contributed by atoms with van der Waals surface area (Å²) in [6, 6.07) is 17.3.